The minimum absolute atomic E-state index is 0.102. The molecule has 0 fully saturated rings. The first-order chi connectivity index (χ1) is 12.1. The van der Waals surface area contributed by atoms with Gasteiger partial charge in [0.05, 0.1) is 6.21 Å². The van der Waals surface area contributed by atoms with E-state index in [9.17, 15) is 10.2 Å². The molecule has 1 unspecified atom stereocenters. The number of phenols is 2. The first kappa shape index (κ1) is 16.3. The molecule has 0 saturated heterocycles. The molecule has 1 aliphatic heterocycles. The predicted molar refractivity (Wildman–Crippen MR) is 98.8 cm³/mol. The molecule has 4 N–H and O–H groups in total. The predicted octanol–water partition coefficient (Wildman–Crippen LogP) is 2.93. The number of fused-ring (bicyclic) bond motifs is 1. The van der Waals surface area contributed by atoms with Crippen molar-refractivity contribution >= 4 is 23.6 Å². The number of phenolic OH excluding ortho intramolecular Hbond substituents is 2. The van der Waals surface area contributed by atoms with E-state index in [0.29, 0.717) is 11.5 Å². The number of hydrogen-bond donors (Lipinski definition) is 3. The van der Waals surface area contributed by atoms with Crippen LogP contribution in [0.3, 0.4) is 0 Å². The van der Waals surface area contributed by atoms with E-state index in [0.717, 1.165) is 16.7 Å². The van der Waals surface area contributed by atoms with Crippen LogP contribution in [0.25, 0.3) is 11.6 Å². The van der Waals surface area contributed by atoms with Gasteiger partial charge in [0.2, 0.25) is 0 Å². The van der Waals surface area contributed by atoms with Crippen molar-refractivity contribution in [1.29, 1.82) is 0 Å². The van der Waals surface area contributed by atoms with Gasteiger partial charge in [-0.15, -0.1) is 0 Å². The third-order valence-electron chi connectivity index (χ3n) is 3.77. The summed E-state index contributed by atoms with van der Waals surface area (Å²) in [6.45, 7) is 3.54. The Kier molecular flexibility index (Phi) is 4.52. The van der Waals surface area contributed by atoms with E-state index in [-0.39, 0.29) is 11.5 Å². The van der Waals surface area contributed by atoms with Crippen LogP contribution in [-0.4, -0.2) is 28.2 Å². The molecule has 0 saturated carbocycles. The molecule has 126 valence electrons. The number of ether oxygens (including phenoxy) is 1. The van der Waals surface area contributed by atoms with Crippen molar-refractivity contribution in [2.24, 2.45) is 15.9 Å². The first-order valence-electron chi connectivity index (χ1n) is 7.55. The second-order valence-electron chi connectivity index (χ2n) is 5.38. The SMILES string of the molecule is C=C/N=C\C(=N/N)C1Oc2cc(O)ccc2C=C1c1ccc(O)cc1. The van der Waals surface area contributed by atoms with Gasteiger partial charge in [0.25, 0.3) is 0 Å². The van der Waals surface area contributed by atoms with Crippen LogP contribution in [-0.2, 0) is 0 Å². The van der Waals surface area contributed by atoms with Gasteiger partial charge in [-0.2, -0.15) is 5.10 Å². The molecule has 6 heteroatoms. The molecule has 0 radical (unpaired) electrons. The zero-order valence-electron chi connectivity index (χ0n) is 13.3. The van der Waals surface area contributed by atoms with Gasteiger partial charge in [-0.25, -0.2) is 0 Å². The standard InChI is InChI=1S/C19H17N3O3/c1-2-21-11-17(22-20)19-16(12-3-6-14(23)7-4-12)9-13-5-8-15(24)10-18(13)25-19/h2-11,19,23-24H,1,20H2/b21-11-,22-17+. The van der Waals surface area contributed by atoms with Gasteiger partial charge in [0, 0.05) is 23.4 Å². The molecule has 6 nitrogen and oxygen atoms in total. The molecule has 1 aliphatic rings. The molecule has 25 heavy (non-hydrogen) atoms. The largest absolute Gasteiger partial charge is 0.508 e. The maximum atomic E-state index is 9.70. The lowest BCUT2D eigenvalue weighted by Gasteiger charge is -2.27. The molecule has 1 atom stereocenters. The third kappa shape index (κ3) is 3.37. The molecule has 1 heterocycles. The number of aliphatic imine (C=N–C) groups is 1. The number of hydrogen-bond acceptors (Lipinski definition) is 6. The topological polar surface area (TPSA) is 100 Å². The molecule has 2 aromatic rings. The summed E-state index contributed by atoms with van der Waals surface area (Å²) in [7, 11) is 0. The Bertz CT molecular complexity index is 883. The van der Waals surface area contributed by atoms with Crippen molar-refractivity contribution in [3.05, 3.63) is 66.4 Å². The summed E-state index contributed by atoms with van der Waals surface area (Å²) in [5.74, 6) is 6.31. The van der Waals surface area contributed by atoms with Crippen molar-refractivity contribution in [2.45, 2.75) is 6.10 Å². The summed E-state index contributed by atoms with van der Waals surface area (Å²) in [6, 6.07) is 11.6. The van der Waals surface area contributed by atoms with Gasteiger partial charge in [0.15, 0.2) is 6.10 Å². The Hall–Kier alpha value is -3.54. The van der Waals surface area contributed by atoms with Gasteiger partial charge in [-0.05, 0) is 35.9 Å². The lowest BCUT2D eigenvalue weighted by Crippen LogP contribution is -2.32. The fourth-order valence-electron chi connectivity index (χ4n) is 2.58. The Balaban J connectivity index is 2.13. The van der Waals surface area contributed by atoms with Crippen molar-refractivity contribution in [3.8, 4) is 17.2 Å². The summed E-state index contributed by atoms with van der Waals surface area (Å²) in [4.78, 5) is 3.97. The van der Waals surface area contributed by atoms with E-state index in [1.807, 2.05) is 6.08 Å². The van der Waals surface area contributed by atoms with Crippen LogP contribution in [0.1, 0.15) is 11.1 Å². The fourth-order valence-corrected chi connectivity index (χ4v) is 2.58. The van der Waals surface area contributed by atoms with Crippen LogP contribution in [0.2, 0.25) is 0 Å². The van der Waals surface area contributed by atoms with E-state index < -0.39 is 6.10 Å². The maximum Gasteiger partial charge on any atom is 0.170 e. The Morgan fingerprint density at radius 1 is 1.12 bits per heavy atom. The highest BCUT2D eigenvalue weighted by atomic mass is 16.5. The molecular formula is C19H17N3O3. The van der Waals surface area contributed by atoms with E-state index in [4.69, 9.17) is 10.6 Å². The van der Waals surface area contributed by atoms with Crippen LogP contribution in [0.15, 0.2) is 65.3 Å². The van der Waals surface area contributed by atoms with Gasteiger partial charge in [0.1, 0.15) is 23.0 Å². The minimum atomic E-state index is -0.618. The normalized spacial score (nSPS) is 16.9. The number of rotatable bonds is 4. The average Bonchev–Trinajstić information content (AvgIpc) is 2.62. The summed E-state index contributed by atoms with van der Waals surface area (Å²) in [6.07, 6.45) is 4.16. The number of nitrogens with two attached hydrogens (primary N) is 1. The Morgan fingerprint density at radius 3 is 2.52 bits per heavy atom. The first-order valence-corrected chi connectivity index (χ1v) is 7.55. The van der Waals surface area contributed by atoms with Gasteiger partial charge < -0.3 is 20.8 Å². The molecule has 2 aromatic carbocycles. The number of benzene rings is 2. The summed E-state index contributed by atoms with van der Waals surface area (Å²) < 4.78 is 6.03. The van der Waals surface area contributed by atoms with Crippen LogP contribution in [0.5, 0.6) is 17.2 Å². The number of aromatic hydroxyl groups is 2. The third-order valence-corrected chi connectivity index (χ3v) is 3.77. The van der Waals surface area contributed by atoms with Gasteiger partial charge in [-0.3, -0.25) is 4.99 Å². The van der Waals surface area contributed by atoms with E-state index in [1.54, 1.807) is 36.4 Å². The molecular weight excluding hydrogens is 318 g/mol. The summed E-state index contributed by atoms with van der Waals surface area (Å²) in [5, 5.41) is 23.0. The van der Waals surface area contributed by atoms with Crippen LogP contribution in [0, 0.1) is 0 Å². The average molecular weight is 335 g/mol. The summed E-state index contributed by atoms with van der Waals surface area (Å²) in [5.41, 5.74) is 2.86. The van der Waals surface area contributed by atoms with Crippen LogP contribution < -0.4 is 10.6 Å². The lowest BCUT2D eigenvalue weighted by molar-refractivity contribution is 0.316. The van der Waals surface area contributed by atoms with Crippen LogP contribution in [0.4, 0.5) is 0 Å². The molecule has 0 aliphatic carbocycles. The van der Waals surface area contributed by atoms with Gasteiger partial charge in [-0.1, -0.05) is 18.7 Å². The molecule has 0 spiro atoms. The molecule has 0 bridgehead atoms. The smallest absolute Gasteiger partial charge is 0.170 e. The van der Waals surface area contributed by atoms with E-state index in [2.05, 4.69) is 16.7 Å². The van der Waals surface area contributed by atoms with Gasteiger partial charge >= 0.3 is 0 Å². The molecule has 0 amide bonds. The second-order valence-corrected chi connectivity index (χ2v) is 5.38. The van der Waals surface area contributed by atoms with E-state index in [1.165, 1.54) is 18.5 Å². The van der Waals surface area contributed by atoms with Crippen molar-refractivity contribution in [1.82, 2.24) is 0 Å². The zero-order valence-corrected chi connectivity index (χ0v) is 13.3. The highest BCUT2D eigenvalue weighted by Gasteiger charge is 2.28. The highest BCUT2D eigenvalue weighted by Crippen LogP contribution is 2.37. The van der Waals surface area contributed by atoms with Crippen LogP contribution >= 0.6 is 0 Å². The summed E-state index contributed by atoms with van der Waals surface area (Å²) >= 11 is 0. The molecule has 0 aromatic heterocycles. The minimum Gasteiger partial charge on any atom is -0.508 e. The Labute approximate surface area is 144 Å². The van der Waals surface area contributed by atoms with E-state index >= 15 is 0 Å². The quantitative estimate of drug-likeness (QED) is 0.454. The Morgan fingerprint density at radius 2 is 1.84 bits per heavy atom. The number of hydrazone groups is 1. The molecule has 3 rings (SSSR count). The lowest BCUT2D eigenvalue weighted by atomic mass is 9.92. The highest BCUT2D eigenvalue weighted by molar-refractivity contribution is 6.36. The monoisotopic (exact) mass is 335 g/mol. The second kappa shape index (κ2) is 6.92. The van der Waals surface area contributed by atoms with Crippen molar-refractivity contribution < 1.29 is 14.9 Å². The maximum absolute atomic E-state index is 9.70. The fraction of sp³-hybridized carbons (Fsp3) is 0.0526. The zero-order chi connectivity index (χ0) is 17.8. The van der Waals surface area contributed by atoms with Crippen molar-refractivity contribution in [3.63, 3.8) is 0 Å². The number of nitrogens with zero attached hydrogens (tertiary/aromatic N) is 2. The van der Waals surface area contributed by atoms with Crippen molar-refractivity contribution in [2.75, 3.05) is 0 Å².